The third-order valence-corrected chi connectivity index (χ3v) is 7.70. The van der Waals surface area contributed by atoms with E-state index in [0.717, 1.165) is 30.2 Å². The number of nitrogens with one attached hydrogen (secondary N) is 2. The van der Waals surface area contributed by atoms with E-state index in [2.05, 4.69) is 55.5 Å². The zero-order chi connectivity index (χ0) is 17.8. The van der Waals surface area contributed by atoms with E-state index in [0.29, 0.717) is 23.7 Å². The van der Waals surface area contributed by atoms with Crippen molar-refractivity contribution < 1.29 is 0 Å². The van der Waals surface area contributed by atoms with Gasteiger partial charge in [-0.05, 0) is 42.1 Å². The van der Waals surface area contributed by atoms with Gasteiger partial charge in [0.1, 0.15) is 0 Å². The molecule has 0 aromatic heterocycles. The van der Waals surface area contributed by atoms with Crippen LogP contribution in [0.1, 0.15) is 59.3 Å². The fraction of sp³-hybridized carbons (Fsp3) is 1.00. The average molecular weight is 349 g/mol. The minimum Gasteiger partial charge on any atom is -0.315 e. The van der Waals surface area contributed by atoms with Crippen molar-refractivity contribution in [2.45, 2.75) is 77.5 Å². The van der Waals surface area contributed by atoms with Crippen LogP contribution in [-0.4, -0.2) is 55.5 Å². The van der Waals surface area contributed by atoms with Gasteiger partial charge in [0.05, 0.1) is 6.17 Å². The molecule has 6 atom stereocenters. The molecule has 0 radical (unpaired) electrons. The largest absolute Gasteiger partial charge is 0.315 e. The highest BCUT2D eigenvalue weighted by Gasteiger charge is 2.62. The van der Waals surface area contributed by atoms with E-state index >= 15 is 0 Å². The highest BCUT2D eigenvalue weighted by Crippen LogP contribution is 2.55. The number of hydrazine groups is 1. The van der Waals surface area contributed by atoms with Crippen molar-refractivity contribution in [1.29, 1.82) is 0 Å². The van der Waals surface area contributed by atoms with Crippen molar-refractivity contribution in [3.63, 3.8) is 0 Å². The van der Waals surface area contributed by atoms with Gasteiger partial charge in [0, 0.05) is 32.7 Å². The van der Waals surface area contributed by atoms with E-state index < -0.39 is 0 Å². The maximum Gasteiger partial charge on any atom is 0.0776 e. The Balaban J connectivity index is 1.72. The lowest BCUT2D eigenvalue weighted by atomic mass is 9.64. The van der Waals surface area contributed by atoms with E-state index in [-0.39, 0.29) is 0 Å². The van der Waals surface area contributed by atoms with Gasteiger partial charge in [-0.2, -0.15) is 0 Å². The Hall–Kier alpha value is -0.160. The maximum absolute atomic E-state index is 4.08. The van der Waals surface area contributed by atoms with Crippen LogP contribution in [0.4, 0.5) is 0 Å². The molecule has 0 bridgehead atoms. The zero-order valence-electron chi connectivity index (χ0n) is 17.1. The average Bonchev–Trinajstić information content (AvgIpc) is 3.09. The Morgan fingerprint density at radius 3 is 2.32 bits per heavy atom. The second-order valence-corrected chi connectivity index (χ2v) is 10.5. The molecule has 25 heavy (non-hydrogen) atoms. The molecule has 4 aliphatic rings. The molecule has 0 spiro atoms. The Morgan fingerprint density at radius 2 is 1.68 bits per heavy atom. The number of rotatable bonds is 2. The van der Waals surface area contributed by atoms with E-state index in [1.54, 1.807) is 0 Å². The van der Waals surface area contributed by atoms with Crippen molar-refractivity contribution in [3.05, 3.63) is 0 Å². The van der Waals surface area contributed by atoms with Gasteiger partial charge in [-0.15, -0.1) is 0 Å². The van der Waals surface area contributed by atoms with E-state index in [4.69, 9.17) is 0 Å². The highest BCUT2D eigenvalue weighted by atomic mass is 15.7. The van der Waals surface area contributed by atoms with Crippen LogP contribution in [0.25, 0.3) is 0 Å². The van der Waals surface area contributed by atoms with Gasteiger partial charge in [-0.1, -0.05) is 52.9 Å². The van der Waals surface area contributed by atoms with E-state index in [1.807, 2.05) is 0 Å². The van der Waals surface area contributed by atoms with Gasteiger partial charge in [0.2, 0.25) is 0 Å². The maximum atomic E-state index is 4.08. The van der Waals surface area contributed by atoms with Gasteiger partial charge < -0.3 is 5.32 Å². The zero-order valence-corrected chi connectivity index (χ0v) is 17.1. The Bertz CT molecular complexity index is 465. The molecular weight excluding hydrogens is 308 g/mol. The third kappa shape index (κ3) is 3.07. The molecule has 144 valence electrons. The summed E-state index contributed by atoms with van der Waals surface area (Å²) in [5.41, 5.74) is 0.320. The number of hydrogen-bond acceptors (Lipinski definition) is 4. The monoisotopic (exact) mass is 348 g/mol. The molecule has 0 aromatic carbocycles. The Morgan fingerprint density at radius 1 is 0.960 bits per heavy atom. The van der Waals surface area contributed by atoms with Crippen molar-refractivity contribution >= 4 is 0 Å². The predicted molar refractivity (Wildman–Crippen MR) is 104 cm³/mol. The van der Waals surface area contributed by atoms with Crippen molar-refractivity contribution in [2.24, 2.45) is 29.1 Å². The molecule has 4 heteroatoms. The normalized spacial score (nSPS) is 43.4. The summed E-state index contributed by atoms with van der Waals surface area (Å²) < 4.78 is 0. The topological polar surface area (TPSA) is 30.5 Å². The summed E-state index contributed by atoms with van der Waals surface area (Å²) >= 11 is 0. The van der Waals surface area contributed by atoms with Crippen molar-refractivity contribution in [3.8, 4) is 0 Å². The minimum absolute atomic E-state index is 0.320. The van der Waals surface area contributed by atoms with Crippen molar-refractivity contribution in [1.82, 2.24) is 20.7 Å². The molecule has 4 rings (SSSR count). The first-order valence-electron chi connectivity index (χ1n) is 10.8. The lowest BCUT2D eigenvalue weighted by Crippen LogP contribution is -2.58. The molecule has 6 unspecified atom stereocenters. The first-order chi connectivity index (χ1) is 11.9. The van der Waals surface area contributed by atoms with Crippen LogP contribution >= 0.6 is 0 Å². The summed E-state index contributed by atoms with van der Waals surface area (Å²) in [6.07, 6.45) is 9.22. The molecular formula is C21H40N4. The minimum atomic E-state index is 0.320. The van der Waals surface area contributed by atoms with Crippen LogP contribution in [-0.2, 0) is 0 Å². The number of piperidine rings is 1. The first-order valence-corrected chi connectivity index (χ1v) is 10.8. The number of fused-ring (bicyclic) bond motifs is 3. The van der Waals surface area contributed by atoms with Gasteiger partial charge in [-0.3, -0.25) is 5.32 Å². The summed E-state index contributed by atoms with van der Waals surface area (Å²) in [6, 6.07) is 1.34. The molecule has 2 N–H and O–H groups in total. The van der Waals surface area contributed by atoms with Crippen LogP contribution in [0.15, 0.2) is 0 Å². The summed E-state index contributed by atoms with van der Waals surface area (Å²) in [6.45, 7) is 9.81. The van der Waals surface area contributed by atoms with Crippen LogP contribution in [0, 0.1) is 29.1 Å². The molecule has 3 heterocycles. The fourth-order valence-electron chi connectivity index (χ4n) is 6.96. The molecule has 3 saturated heterocycles. The molecule has 1 aliphatic carbocycles. The Kier molecular flexibility index (Phi) is 4.94. The third-order valence-electron chi connectivity index (χ3n) is 7.70. The second-order valence-electron chi connectivity index (χ2n) is 10.5. The quantitative estimate of drug-likeness (QED) is 0.803. The molecule has 0 amide bonds. The summed E-state index contributed by atoms with van der Waals surface area (Å²) in [5, 5.41) is 12.9. The second kappa shape index (κ2) is 6.78. The summed E-state index contributed by atoms with van der Waals surface area (Å²) in [4.78, 5) is 0. The molecule has 0 aromatic rings. The number of nitrogens with zero attached hydrogens (tertiary/aromatic N) is 2. The first kappa shape index (κ1) is 18.2. The van der Waals surface area contributed by atoms with Crippen LogP contribution in [0.3, 0.4) is 0 Å². The summed E-state index contributed by atoms with van der Waals surface area (Å²) in [5.74, 6) is 3.49. The van der Waals surface area contributed by atoms with Gasteiger partial charge >= 0.3 is 0 Å². The predicted octanol–water partition coefficient (Wildman–Crippen LogP) is 2.91. The van der Waals surface area contributed by atoms with Crippen LogP contribution in [0.5, 0.6) is 0 Å². The standard InChI is InChI=1S/C21H40N4/c1-21(2,3)19-17(14-9-7-6-8-10-14)18-15-11-12-22-13-16(15)23-20(18)25(19)24(4)5/h14-20,22-23H,6-13H2,1-5H3. The lowest BCUT2D eigenvalue weighted by Gasteiger charge is -2.46. The smallest absolute Gasteiger partial charge is 0.0776 e. The molecule has 4 fully saturated rings. The van der Waals surface area contributed by atoms with Gasteiger partial charge in [-0.25, -0.2) is 10.0 Å². The lowest BCUT2D eigenvalue weighted by molar-refractivity contribution is -0.0812. The summed E-state index contributed by atoms with van der Waals surface area (Å²) in [7, 11) is 4.53. The highest BCUT2D eigenvalue weighted by molar-refractivity contribution is 5.12. The van der Waals surface area contributed by atoms with Gasteiger partial charge in [0.15, 0.2) is 0 Å². The molecule has 1 saturated carbocycles. The van der Waals surface area contributed by atoms with Crippen LogP contribution in [0.2, 0.25) is 0 Å². The molecule has 4 nitrogen and oxygen atoms in total. The van der Waals surface area contributed by atoms with E-state index in [9.17, 15) is 0 Å². The Labute approximate surface area is 155 Å². The fourth-order valence-corrected chi connectivity index (χ4v) is 6.96. The van der Waals surface area contributed by atoms with Crippen LogP contribution < -0.4 is 10.6 Å². The SMILES string of the molecule is CN(C)N1C2NC3CNCCC3C2C(C2CCCCC2)C1C(C)(C)C. The van der Waals surface area contributed by atoms with Gasteiger partial charge in [0.25, 0.3) is 0 Å². The molecule has 3 aliphatic heterocycles. The van der Waals surface area contributed by atoms with Crippen molar-refractivity contribution in [2.75, 3.05) is 27.2 Å². The number of hydrogen-bond donors (Lipinski definition) is 2. The van der Waals surface area contributed by atoms with E-state index in [1.165, 1.54) is 45.1 Å².